The van der Waals surface area contributed by atoms with E-state index in [-0.39, 0.29) is 6.10 Å². The van der Waals surface area contributed by atoms with Crippen LogP contribution in [0.1, 0.15) is 67.2 Å². The Morgan fingerprint density at radius 2 is 1.53 bits per heavy atom. The Hall–Kier alpha value is -0.0800. The van der Waals surface area contributed by atoms with Gasteiger partial charge >= 0.3 is 0 Å². The molecule has 0 aliphatic heterocycles. The van der Waals surface area contributed by atoms with Crippen molar-refractivity contribution in [2.75, 3.05) is 13.1 Å². The Kier molecular flexibility index (Phi) is 7.34. The molecule has 0 bridgehead atoms. The van der Waals surface area contributed by atoms with Crippen LogP contribution >= 0.6 is 0 Å². The fraction of sp³-hybridized carbons (Fsp3) is 1.00. The van der Waals surface area contributed by atoms with Crippen LogP contribution < -0.4 is 5.32 Å². The van der Waals surface area contributed by atoms with Crippen molar-refractivity contribution < 1.29 is 5.11 Å². The molecule has 0 fully saturated rings. The van der Waals surface area contributed by atoms with Crippen LogP contribution in [0.25, 0.3) is 0 Å². The minimum absolute atomic E-state index is 0.134. The van der Waals surface area contributed by atoms with Crippen molar-refractivity contribution in [1.29, 1.82) is 0 Å². The lowest BCUT2D eigenvalue weighted by molar-refractivity contribution is 0.144. The van der Waals surface area contributed by atoms with Crippen LogP contribution in [0.15, 0.2) is 0 Å². The Bertz CT molecular complexity index is 188. The third-order valence-corrected chi connectivity index (χ3v) is 2.77. The Morgan fingerprint density at radius 1 is 0.941 bits per heavy atom. The molecule has 0 unspecified atom stereocenters. The molecule has 0 saturated heterocycles. The highest BCUT2D eigenvalue weighted by atomic mass is 16.3. The van der Waals surface area contributed by atoms with E-state index in [0.29, 0.717) is 10.8 Å². The van der Waals surface area contributed by atoms with Crippen LogP contribution in [0.3, 0.4) is 0 Å². The Labute approximate surface area is 108 Å². The molecule has 0 aromatic rings. The van der Waals surface area contributed by atoms with E-state index in [4.69, 9.17) is 0 Å². The van der Waals surface area contributed by atoms with E-state index in [1.165, 1.54) is 6.42 Å². The van der Waals surface area contributed by atoms with Gasteiger partial charge in [0.2, 0.25) is 0 Å². The van der Waals surface area contributed by atoms with Gasteiger partial charge in [-0.25, -0.2) is 0 Å². The molecule has 0 rings (SSSR count). The minimum atomic E-state index is -0.134. The van der Waals surface area contributed by atoms with Gasteiger partial charge in [-0.2, -0.15) is 0 Å². The third kappa shape index (κ3) is 13.9. The first-order valence-corrected chi connectivity index (χ1v) is 6.99. The maximum absolute atomic E-state index is 9.84. The summed E-state index contributed by atoms with van der Waals surface area (Å²) < 4.78 is 0. The van der Waals surface area contributed by atoms with Gasteiger partial charge in [-0.3, -0.25) is 0 Å². The molecule has 104 valence electrons. The molecule has 0 spiro atoms. The van der Waals surface area contributed by atoms with Crippen molar-refractivity contribution >= 4 is 0 Å². The Balaban J connectivity index is 3.44. The summed E-state index contributed by atoms with van der Waals surface area (Å²) >= 11 is 0. The highest BCUT2D eigenvalue weighted by molar-refractivity contribution is 4.67. The number of aliphatic hydroxyl groups excluding tert-OH is 1. The second kappa shape index (κ2) is 7.38. The summed E-state index contributed by atoms with van der Waals surface area (Å²) in [5.41, 5.74) is 0.724. The largest absolute Gasteiger partial charge is 0.393 e. The predicted octanol–water partition coefficient (Wildman–Crippen LogP) is 3.59. The fourth-order valence-electron chi connectivity index (χ4n) is 1.74. The van der Waals surface area contributed by atoms with Crippen molar-refractivity contribution in [2.45, 2.75) is 73.3 Å². The van der Waals surface area contributed by atoms with Gasteiger partial charge in [0.25, 0.3) is 0 Å². The van der Waals surface area contributed by atoms with E-state index in [1.807, 2.05) is 0 Å². The summed E-state index contributed by atoms with van der Waals surface area (Å²) in [6.45, 7) is 15.4. The highest BCUT2D eigenvalue weighted by Gasteiger charge is 2.12. The maximum atomic E-state index is 9.84. The summed E-state index contributed by atoms with van der Waals surface area (Å²) in [6, 6.07) is 0. The first-order valence-electron chi connectivity index (χ1n) is 6.99. The molecule has 0 aromatic heterocycles. The molecule has 2 heteroatoms. The Morgan fingerprint density at radius 3 is 2.00 bits per heavy atom. The van der Waals surface area contributed by atoms with E-state index in [2.05, 4.69) is 46.9 Å². The monoisotopic (exact) mass is 243 g/mol. The molecular weight excluding hydrogens is 210 g/mol. The zero-order valence-corrected chi connectivity index (χ0v) is 12.8. The van der Waals surface area contributed by atoms with Gasteiger partial charge in [0.05, 0.1) is 6.10 Å². The van der Waals surface area contributed by atoms with E-state index >= 15 is 0 Å². The predicted molar refractivity (Wildman–Crippen MR) is 76.3 cm³/mol. The summed E-state index contributed by atoms with van der Waals surface area (Å²) in [7, 11) is 0. The SMILES string of the molecule is CC(C)(C)CCC[C@@H](O)CCNCC(C)(C)C. The van der Waals surface area contributed by atoms with Crippen molar-refractivity contribution in [3.05, 3.63) is 0 Å². The zero-order valence-electron chi connectivity index (χ0n) is 12.8. The first kappa shape index (κ1) is 16.9. The standard InChI is InChI=1S/C15H33NO/c1-14(2,3)10-7-8-13(17)9-11-16-12-15(4,5)6/h13,16-17H,7-12H2,1-6H3/t13-/m1/s1. The summed E-state index contributed by atoms with van der Waals surface area (Å²) in [6.07, 6.45) is 4.00. The second-order valence-corrected chi connectivity index (χ2v) is 7.63. The zero-order chi connectivity index (χ0) is 13.5. The quantitative estimate of drug-likeness (QED) is 0.670. The van der Waals surface area contributed by atoms with Crippen LogP contribution in [-0.4, -0.2) is 24.3 Å². The molecule has 1 atom stereocenters. The second-order valence-electron chi connectivity index (χ2n) is 7.63. The molecule has 2 N–H and O–H groups in total. The molecule has 0 aromatic carbocycles. The average molecular weight is 243 g/mol. The van der Waals surface area contributed by atoms with Crippen molar-refractivity contribution in [1.82, 2.24) is 5.32 Å². The van der Waals surface area contributed by atoms with Gasteiger partial charge in [0, 0.05) is 0 Å². The smallest absolute Gasteiger partial charge is 0.0552 e. The lowest BCUT2D eigenvalue weighted by Gasteiger charge is -2.21. The molecule has 0 amide bonds. The average Bonchev–Trinajstić information content (AvgIpc) is 2.09. The lowest BCUT2D eigenvalue weighted by atomic mass is 9.89. The number of hydrogen-bond acceptors (Lipinski definition) is 2. The van der Waals surface area contributed by atoms with Gasteiger partial charge in [0.15, 0.2) is 0 Å². The van der Waals surface area contributed by atoms with Gasteiger partial charge in [-0.1, -0.05) is 48.0 Å². The minimum Gasteiger partial charge on any atom is -0.393 e. The molecule has 0 aliphatic rings. The maximum Gasteiger partial charge on any atom is 0.0552 e. The van der Waals surface area contributed by atoms with Crippen LogP contribution in [0.5, 0.6) is 0 Å². The van der Waals surface area contributed by atoms with Crippen LogP contribution in [0.2, 0.25) is 0 Å². The van der Waals surface area contributed by atoms with Gasteiger partial charge in [0.1, 0.15) is 0 Å². The molecule has 0 heterocycles. The molecule has 0 radical (unpaired) electrons. The van der Waals surface area contributed by atoms with Gasteiger partial charge in [-0.05, 0) is 43.2 Å². The fourth-order valence-corrected chi connectivity index (χ4v) is 1.74. The van der Waals surface area contributed by atoms with Crippen molar-refractivity contribution in [2.24, 2.45) is 10.8 Å². The third-order valence-electron chi connectivity index (χ3n) is 2.77. The number of aliphatic hydroxyl groups is 1. The summed E-state index contributed by atoms with van der Waals surface area (Å²) in [5.74, 6) is 0. The number of nitrogens with one attached hydrogen (secondary N) is 1. The molecule has 17 heavy (non-hydrogen) atoms. The highest BCUT2D eigenvalue weighted by Crippen LogP contribution is 2.22. The lowest BCUT2D eigenvalue weighted by Crippen LogP contribution is -2.29. The number of rotatable bonds is 7. The van der Waals surface area contributed by atoms with Gasteiger partial charge < -0.3 is 10.4 Å². The van der Waals surface area contributed by atoms with Crippen molar-refractivity contribution in [3.8, 4) is 0 Å². The van der Waals surface area contributed by atoms with E-state index < -0.39 is 0 Å². The first-order chi connectivity index (χ1) is 7.60. The van der Waals surface area contributed by atoms with Crippen LogP contribution in [0, 0.1) is 10.8 Å². The molecule has 2 nitrogen and oxygen atoms in total. The normalized spacial score (nSPS) is 15.0. The topological polar surface area (TPSA) is 32.3 Å². The number of hydrogen-bond donors (Lipinski definition) is 2. The van der Waals surface area contributed by atoms with E-state index in [1.54, 1.807) is 0 Å². The summed E-state index contributed by atoms with van der Waals surface area (Å²) in [5, 5.41) is 13.2. The van der Waals surface area contributed by atoms with E-state index in [0.717, 1.165) is 32.4 Å². The molecule has 0 saturated carbocycles. The van der Waals surface area contributed by atoms with Crippen LogP contribution in [0.4, 0.5) is 0 Å². The van der Waals surface area contributed by atoms with E-state index in [9.17, 15) is 5.11 Å². The summed E-state index contributed by atoms with van der Waals surface area (Å²) in [4.78, 5) is 0. The van der Waals surface area contributed by atoms with Crippen molar-refractivity contribution in [3.63, 3.8) is 0 Å². The molecule has 0 aliphatic carbocycles. The van der Waals surface area contributed by atoms with Crippen LogP contribution in [-0.2, 0) is 0 Å². The van der Waals surface area contributed by atoms with Gasteiger partial charge in [-0.15, -0.1) is 0 Å². The molecular formula is C15H33NO.